The summed E-state index contributed by atoms with van der Waals surface area (Å²) in [6, 6.07) is 15.3. The zero-order valence-electron chi connectivity index (χ0n) is 14.5. The summed E-state index contributed by atoms with van der Waals surface area (Å²) in [4.78, 5) is 0.143. The summed E-state index contributed by atoms with van der Waals surface area (Å²) in [7, 11) is -3.77. The van der Waals surface area contributed by atoms with Crippen LogP contribution >= 0.6 is 0 Å². The van der Waals surface area contributed by atoms with Gasteiger partial charge in [-0.15, -0.1) is 0 Å². The molecule has 0 amide bonds. The Bertz CT molecular complexity index is 848. The van der Waals surface area contributed by atoms with Gasteiger partial charge in [-0.25, -0.2) is 0 Å². The molecular weight excluding hydrogens is 338 g/mol. The minimum absolute atomic E-state index is 0.0134. The van der Waals surface area contributed by atoms with Crippen molar-refractivity contribution in [2.45, 2.75) is 37.7 Å². The normalized spacial score (nSPS) is 11.8. The van der Waals surface area contributed by atoms with Crippen LogP contribution in [0.1, 0.15) is 31.4 Å². The molecule has 6 heteroatoms. The molecule has 0 saturated heterocycles. The Kier molecular flexibility index (Phi) is 5.83. The molecule has 0 unspecified atom stereocenters. The highest BCUT2D eigenvalue weighted by molar-refractivity contribution is 7.86. The topological polar surface area (TPSA) is 76.4 Å². The zero-order chi connectivity index (χ0) is 18.5. The number of hydrogen-bond donors (Lipinski definition) is 0. The average Bonchev–Trinajstić information content (AvgIpc) is 2.55. The molecule has 2 rings (SSSR count). The van der Waals surface area contributed by atoms with Crippen molar-refractivity contribution < 1.29 is 17.3 Å². The molecule has 0 saturated carbocycles. The second-order valence-electron chi connectivity index (χ2n) is 6.34. The van der Waals surface area contributed by atoms with Gasteiger partial charge >= 0.3 is 0 Å². The summed E-state index contributed by atoms with van der Waals surface area (Å²) in [5.74, 6) is 0.616. The lowest BCUT2D eigenvalue weighted by Gasteiger charge is -2.26. The number of benzene rings is 2. The summed E-state index contributed by atoms with van der Waals surface area (Å²) in [5, 5.41) is 8.80. The van der Waals surface area contributed by atoms with Crippen molar-refractivity contribution in [3.05, 3.63) is 59.7 Å². The van der Waals surface area contributed by atoms with Gasteiger partial charge in [0.05, 0.1) is 23.1 Å². The number of hydrogen-bond acceptors (Lipinski definition) is 5. The van der Waals surface area contributed by atoms with Gasteiger partial charge in [0.1, 0.15) is 11.4 Å². The van der Waals surface area contributed by atoms with Crippen molar-refractivity contribution in [1.29, 1.82) is 5.26 Å². The predicted molar refractivity (Wildman–Crippen MR) is 94.8 cm³/mol. The van der Waals surface area contributed by atoms with E-state index in [-0.39, 0.29) is 11.5 Å². The maximum atomic E-state index is 12.2. The highest BCUT2D eigenvalue weighted by Gasteiger charge is 2.22. The monoisotopic (exact) mass is 359 g/mol. The Morgan fingerprint density at radius 3 is 2.20 bits per heavy atom. The van der Waals surface area contributed by atoms with Crippen LogP contribution < -0.4 is 4.74 Å². The van der Waals surface area contributed by atoms with Crippen LogP contribution in [0.2, 0.25) is 0 Å². The molecule has 0 atom stereocenters. The largest absolute Gasteiger partial charge is 0.488 e. The van der Waals surface area contributed by atoms with Gasteiger partial charge in [-0.2, -0.15) is 13.7 Å². The van der Waals surface area contributed by atoms with Crippen molar-refractivity contribution >= 4 is 10.1 Å². The number of aryl methyl sites for hydroxylation is 1. The van der Waals surface area contributed by atoms with Gasteiger partial charge in [-0.3, -0.25) is 4.18 Å². The van der Waals surface area contributed by atoms with E-state index in [9.17, 15) is 8.42 Å². The molecule has 0 fully saturated rings. The molecule has 2 aromatic rings. The lowest BCUT2D eigenvalue weighted by molar-refractivity contribution is 0.0822. The van der Waals surface area contributed by atoms with Crippen LogP contribution in [-0.2, 0) is 14.3 Å². The van der Waals surface area contributed by atoms with E-state index >= 15 is 0 Å². The minimum Gasteiger partial charge on any atom is -0.488 e. The quantitative estimate of drug-likeness (QED) is 0.703. The molecule has 0 heterocycles. The molecule has 2 aromatic carbocycles. The molecule has 0 aliphatic heterocycles. The van der Waals surface area contributed by atoms with Crippen molar-refractivity contribution in [3.8, 4) is 11.8 Å². The molecule has 132 valence electrons. The third-order valence-corrected chi connectivity index (χ3v) is 4.96. The fourth-order valence-electron chi connectivity index (χ4n) is 2.14. The third kappa shape index (κ3) is 5.59. The first-order chi connectivity index (χ1) is 11.7. The SMILES string of the molecule is Cc1ccc(S(=O)(=O)OCCC(C)(C)Oc2ccc(C#N)cc2)cc1. The Balaban J connectivity index is 1.92. The van der Waals surface area contributed by atoms with Crippen molar-refractivity contribution in [3.63, 3.8) is 0 Å². The second-order valence-corrected chi connectivity index (χ2v) is 7.95. The van der Waals surface area contributed by atoms with Crippen LogP contribution in [0.3, 0.4) is 0 Å². The predicted octanol–water partition coefficient (Wildman–Crippen LogP) is 3.82. The molecule has 0 aromatic heterocycles. The van der Waals surface area contributed by atoms with Crippen molar-refractivity contribution in [1.82, 2.24) is 0 Å². The first kappa shape index (κ1) is 19.0. The molecule has 0 N–H and O–H groups in total. The maximum Gasteiger partial charge on any atom is 0.296 e. The lowest BCUT2D eigenvalue weighted by Crippen LogP contribution is -2.30. The van der Waals surface area contributed by atoms with E-state index in [4.69, 9.17) is 14.2 Å². The molecule has 0 radical (unpaired) electrons. The van der Waals surface area contributed by atoms with E-state index in [1.165, 1.54) is 12.1 Å². The van der Waals surface area contributed by atoms with E-state index in [2.05, 4.69) is 0 Å². The van der Waals surface area contributed by atoms with Crippen LogP contribution in [0.25, 0.3) is 0 Å². The summed E-state index contributed by atoms with van der Waals surface area (Å²) < 4.78 is 35.3. The Morgan fingerprint density at radius 1 is 1.04 bits per heavy atom. The molecule has 0 aliphatic carbocycles. The third-order valence-electron chi connectivity index (χ3n) is 3.63. The van der Waals surface area contributed by atoms with Gasteiger partial charge in [0, 0.05) is 6.42 Å². The maximum absolute atomic E-state index is 12.2. The zero-order valence-corrected chi connectivity index (χ0v) is 15.3. The number of nitriles is 1. The van der Waals surface area contributed by atoms with Gasteiger partial charge in [-0.05, 0) is 57.2 Å². The number of rotatable bonds is 7. The van der Waals surface area contributed by atoms with Crippen LogP contribution in [0.4, 0.5) is 0 Å². The van der Waals surface area contributed by atoms with E-state index in [0.717, 1.165) is 5.56 Å². The minimum atomic E-state index is -3.77. The Labute approximate surface area is 148 Å². The van der Waals surface area contributed by atoms with E-state index < -0.39 is 15.7 Å². The summed E-state index contributed by atoms with van der Waals surface area (Å²) in [6.45, 7) is 5.61. The number of nitrogens with zero attached hydrogens (tertiary/aromatic N) is 1. The van der Waals surface area contributed by atoms with E-state index in [1.54, 1.807) is 36.4 Å². The average molecular weight is 359 g/mol. The highest BCUT2D eigenvalue weighted by atomic mass is 32.2. The summed E-state index contributed by atoms with van der Waals surface area (Å²) in [5.41, 5.74) is 0.922. The smallest absolute Gasteiger partial charge is 0.296 e. The standard InChI is InChI=1S/C19H21NO4S/c1-15-4-10-18(11-5-15)25(21,22)23-13-12-19(2,3)24-17-8-6-16(14-20)7-9-17/h4-11H,12-13H2,1-3H3. The summed E-state index contributed by atoms with van der Waals surface area (Å²) >= 11 is 0. The van der Waals surface area contributed by atoms with Crippen LogP contribution in [0, 0.1) is 18.3 Å². The van der Waals surface area contributed by atoms with Gasteiger partial charge in [-0.1, -0.05) is 17.7 Å². The van der Waals surface area contributed by atoms with Gasteiger partial charge < -0.3 is 4.74 Å². The van der Waals surface area contributed by atoms with Crippen molar-refractivity contribution in [2.24, 2.45) is 0 Å². The highest BCUT2D eigenvalue weighted by Crippen LogP contribution is 2.22. The molecule has 0 aliphatic rings. The lowest BCUT2D eigenvalue weighted by atomic mass is 10.1. The molecule has 25 heavy (non-hydrogen) atoms. The second kappa shape index (κ2) is 7.68. The Hall–Kier alpha value is -2.36. The molecule has 0 spiro atoms. The van der Waals surface area contributed by atoms with Gasteiger partial charge in [0.25, 0.3) is 10.1 Å². The van der Waals surface area contributed by atoms with E-state index in [0.29, 0.717) is 17.7 Å². The first-order valence-electron chi connectivity index (χ1n) is 7.87. The van der Waals surface area contributed by atoms with Crippen LogP contribution in [0.15, 0.2) is 53.4 Å². The van der Waals surface area contributed by atoms with Gasteiger partial charge in [0.15, 0.2) is 0 Å². The fourth-order valence-corrected chi connectivity index (χ4v) is 3.05. The molecular formula is C19H21NO4S. The van der Waals surface area contributed by atoms with E-state index in [1.807, 2.05) is 26.8 Å². The first-order valence-corrected chi connectivity index (χ1v) is 9.28. The summed E-state index contributed by atoms with van der Waals surface area (Å²) in [6.07, 6.45) is 0.387. The van der Waals surface area contributed by atoms with Crippen LogP contribution in [-0.4, -0.2) is 20.6 Å². The van der Waals surface area contributed by atoms with Crippen molar-refractivity contribution in [2.75, 3.05) is 6.61 Å². The van der Waals surface area contributed by atoms with Gasteiger partial charge in [0.2, 0.25) is 0 Å². The number of ether oxygens (including phenoxy) is 1. The molecule has 5 nitrogen and oxygen atoms in total. The fraction of sp³-hybridized carbons (Fsp3) is 0.316. The Morgan fingerprint density at radius 2 is 1.64 bits per heavy atom. The van der Waals surface area contributed by atoms with Crippen LogP contribution in [0.5, 0.6) is 5.75 Å². The molecule has 0 bridgehead atoms.